The van der Waals surface area contributed by atoms with E-state index in [1.165, 1.54) is 19.9 Å². The average molecular weight is 575 g/mol. The Kier molecular flexibility index (Phi) is 7.47. The topological polar surface area (TPSA) is 158 Å². The first-order valence-corrected chi connectivity index (χ1v) is 14.5. The Morgan fingerprint density at radius 3 is 2.27 bits per heavy atom. The number of fused-ring (bicyclic) bond motifs is 5. The fraction of sp³-hybridized carbons (Fsp3) is 0.750. The van der Waals surface area contributed by atoms with E-state index in [1.807, 2.05) is 19.9 Å². The normalized spacial score (nSPS) is 41.7. The Balaban J connectivity index is 1.78. The first-order chi connectivity index (χ1) is 18.6. The number of allylic oxidation sites excluding steroid dienone is 2. The van der Waals surface area contributed by atoms with Gasteiger partial charge >= 0.3 is 5.97 Å². The van der Waals surface area contributed by atoms with Crippen molar-refractivity contribution < 1.29 is 44.3 Å². The summed E-state index contributed by atoms with van der Waals surface area (Å²) in [6.07, 6.45) is 2.66. The molecule has 41 heavy (non-hydrogen) atoms. The zero-order chi connectivity index (χ0) is 31.1. The van der Waals surface area contributed by atoms with Gasteiger partial charge in [-0.2, -0.15) is 0 Å². The number of ketones is 3. The third-order valence-electron chi connectivity index (χ3n) is 11.5. The SMILES string of the molecule is CC(=O)OC(C)(C)/C=C/C(=O)[C@](C)(O)[C@@H]1[C@H](O)C[C@]2(C)[C@@H]3CC=C4[C@H](C[C@H](O)C(=O)C4(C)C)[C@]3(CO)C(=O)C[C@@]12C. The second kappa shape index (κ2) is 9.66. The summed E-state index contributed by atoms with van der Waals surface area (Å²) in [5.74, 6) is -3.76. The second-order valence-corrected chi connectivity index (χ2v) is 14.7. The molecular formula is C32H46O9. The minimum atomic E-state index is -2.06. The van der Waals surface area contributed by atoms with Crippen molar-refractivity contribution in [2.24, 2.45) is 39.4 Å². The maximum absolute atomic E-state index is 14.4. The minimum absolute atomic E-state index is 0.0365. The van der Waals surface area contributed by atoms with Crippen LogP contribution < -0.4 is 0 Å². The summed E-state index contributed by atoms with van der Waals surface area (Å²) in [6, 6.07) is 0. The summed E-state index contributed by atoms with van der Waals surface area (Å²) in [5.41, 5.74) is -6.45. The summed E-state index contributed by atoms with van der Waals surface area (Å²) in [4.78, 5) is 52.2. The molecule has 3 fully saturated rings. The summed E-state index contributed by atoms with van der Waals surface area (Å²) < 4.78 is 5.22. The standard InChI is InChI=1S/C32H46O9/c1-17(34)41-27(2,3)12-11-23(37)31(8,40)25-21(36)14-29(6)22-10-9-18-19(13-20(35)26(39)28(18,4)5)32(22,16-33)24(38)15-30(25,29)7/h9,11-12,19-22,25,33,35-36,40H,10,13-16H2,1-8H3/b12-11+/t19-,20-,21+,22-,25+,29+,30-,31-,32-/m0/s1. The van der Waals surface area contributed by atoms with Gasteiger partial charge in [0.25, 0.3) is 0 Å². The van der Waals surface area contributed by atoms with Crippen molar-refractivity contribution in [3.05, 3.63) is 23.8 Å². The first-order valence-electron chi connectivity index (χ1n) is 14.5. The van der Waals surface area contributed by atoms with E-state index < -0.39 is 81.2 Å². The van der Waals surface area contributed by atoms with E-state index in [0.717, 1.165) is 11.6 Å². The van der Waals surface area contributed by atoms with Crippen LogP contribution in [0.2, 0.25) is 0 Å². The molecule has 9 nitrogen and oxygen atoms in total. The Bertz CT molecular complexity index is 1230. The molecule has 4 aliphatic carbocycles. The van der Waals surface area contributed by atoms with Gasteiger partial charge in [0.2, 0.25) is 0 Å². The molecular weight excluding hydrogens is 528 g/mol. The highest BCUT2D eigenvalue weighted by Gasteiger charge is 2.75. The first kappa shape index (κ1) is 31.7. The molecule has 4 rings (SSSR count). The van der Waals surface area contributed by atoms with Gasteiger partial charge in [0.05, 0.1) is 18.1 Å². The lowest BCUT2D eigenvalue weighted by atomic mass is 9.38. The molecule has 0 aliphatic heterocycles. The number of esters is 1. The number of hydrogen-bond donors (Lipinski definition) is 4. The van der Waals surface area contributed by atoms with Crippen molar-refractivity contribution in [3.8, 4) is 0 Å². The molecule has 0 spiro atoms. The van der Waals surface area contributed by atoms with Crippen molar-refractivity contribution in [2.45, 2.75) is 104 Å². The lowest BCUT2D eigenvalue weighted by molar-refractivity contribution is -0.192. The van der Waals surface area contributed by atoms with E-state index in [-0.39, 0.29) is 30.8 Å². The van der Waals surface area contributed by atoms with Gasteiger partial charge in [-0.05, 0) is 88.7 Å². The van der Waals surface area contributed by atoms with Crippen molar-refractivity contribution in [1.29, 1.82) is 0 Å². The molecule has 0 aromatic heterocycles. The van der Waals surface area contributed by atoms with E-state index in [4.69, 9.17) is 4.74 Å². The Morgan fingerprint density at radius 1 is 1.10 bits per heavy atom. The fourth-order valence-corrected chi connectivity index (χ4v) is 9.47. The molecule has 0 aromatic carbocycles. The van der Waals surface area contributed by atoms with E-state index in [9.17, 15) is 39.6 Å². The number of hydrogen-bond acceptors (Lipinski definition) is 9. The number of aliphatic hydroxyl groups is 4. The van der Waals surface area contributed by atoms with Crippen molar-refractivity contribution in [2.75, 3.05) is 6.61 Å². The lowest BCUT2D eigenvalue weighted by Crippen LogP contribution is -2.67. The van der Waals surface area contributed by atoms with Gasteiger partial charge < -0.3 is 25.2 Å². The predicted molar refractivity (Wildman–Crippen MR) is 149 cm³/mol. The Labute approximate surface area is 242 Å². The van der Waals surface area contributed by atoms with Crippen LogP contribution in [0, 0.1) is 39.4 Å². The molecule has 0 amide bonds. The number of carbonyl (C=O) groups is 4. The summed E-state index contributed by atoms with van der Waals surface area (Å²) in [5, 5.41) is 45.0. The smallest absolute Gasteiger partial charge is 0.303 e. The maximum atomic E-state index is 14.4. The highest BCUT2D eigenvalue weighted by atomic mass is 16.6. The molecule has 0 saturated heterocycles. The van der Waals surface area contributed by atoms with Gasteiger partial charge in [0, 0.05) is 24.7 Å². The summed E-state index contributed by atoms with van der Waals surface area (Å²) >= 11 is 0. The fourth-order valence-electron chi connectivity index (χ4n) is 9.47. The molecule has 0 bridgehead atoms. The minimum Gasteiger partial charge on any atom is -0.456 e. The summed E-state index contributed by atoms with van der Waals surface area (Å²) in [6.45, 7) is 12.6. The van der Waals surface area contributed by atoms with Crippen molar-refractivity contribution >= 4 is 23.3 Å². The quantitative estimate of drug-likeness (QED) is 0.212. The van der Waals surface area contributed by atoms with Crippen molar-refractivity contribution in [1.82, 2.24) is 0 Å². The molecule has 9 atom stereocenters. The number of aliphatic hydroxyl groups excluding tert-OH is 3. The van der Waals surface area contributed by atoms with Crippen LogP contribution in [-0.4, -0.2) is 73.8 Å². The molecule has 4 N–H and O–H groups in total. The monoisotopic (exact) mass is 574 g/mol. The van der Waals surface area contributed by atoms with Gasteiger partial charge in [-0.25, -0.2) is 0 Å². The van der Waals surface area contributed by atoms with Crippen LogP contribution >= 0.6 is 0 Å². The van der Waals surface area contributed by atoms with Gasteiger partial charge in [-0.15, -0.1) is 0 Å². The van der Waals surface area contributed by atoms with Gasteiger partial charge in [-0.3, -0.25) is 19.2 Å². The molecule has 0 heterocycles. The van der Waals surface area contributed by atoms with Crippen molar-refractivity contribution in [3.63, 3.8) is 0 Å². The van der Waals surface area contributed by atoms with Crippen LogP contribution in [0.1, 0.15) is 81.1 Å². The van der Waals surface area contributed by atoms with Crippen LogP contribution in [0.3, 0.4) is 0 Å². The predicted octanol–water partition coefficient (Wildman–Crippen LogP) is 2.47. The zero-order valence-electron chi connectivity index (χ0n) is 25.5. The molecule has 9 heteroatoms. The Morgan fingerprint density at radius 2 is 1.71 bits per heavy atom. The molecule has 4 aliphatic rings. The third-order valence-corrected chi connectivity index (χ3v) is 11.5. The highest BCUT2D eigenvalue weighted by Crippen LogP contribution is 2.74. The number of Topliss-reactive ketones (excluding diaryl/α,β-unsaturated/α-hetero) is 2. The van der Waals surface area contributed by atoms with E-state index >= 15 is 0 Å². The van der Waals surface area contributed by atoms with Gasteiger partial charge in [0.15, 0.2) is 11.6 Å². The number of ether oxygens (including phenoxy) is 1. The zero-order valence-corrected chi connectivity index (χ0v) is 25.5. The lowest BCUT2D eigenvalue weighted by Gasteiger charge is -2.64. The maximum Gasteiger partial charge on any atom is 0.303 e. The summed E-state index contributed by atoms with van der Waals surface area (Å²) in [7, 11) is 0. The third kappa shape index (κ3) is 4.33. The molecule has 0 aromatic rings. The molecule has 228 valence electrons. The van der Waals surface area contributed by atoms with Crippen LogP contribution in [-0.2, 0) is 23.9 Å². The van der Waals surface area contributed by atoms with Crippen LogP contribution in [0.4, 0.5) is 0 Å². The van der Waals surface area contributed by atoms with E-state index in [1.54, 1.807) is 27.7 Å². The van der Waals surface area contributed by atoms with Crippen LogP contribution in [0.15, 0.2) is 23.8 Å². The Hall–Kier alpha value is -2.20. The highest BCUT2D eigenvalue weighted by molar-refractivity contribution is 5.98. The molecule has 0 unspecified atom stereocenters. The van der Waals surface area contributed by atoms with Gasteiger partial charge in [-0.1, -0.05) is 25.5 Å². The van der Waals surface area contributed by atoms with E-state index in [0.29, 0.717) is 6.42 Å². The largest absolute Gasteiger partial charge is 0.456 e. The van der Waals surface area contributed by atoms with E-state index in [2.05, 4.69) is 0 Å². The van der Waals surface area contributed by atoms with Crippen LogP contribution in [0.25, 0.3) is 0 Å². The molecule has 3 saturated carbocycles. The van der Waals surface area contributed by atoms with Crippen LogP contribution in [0.5, 0.6) is 0 Å². The average Bonchev–Trinajstić information content (AvgIpc) is 3.05. The molecule has 0 radical (unpaired) electrons. The number of carbonyl (C=O) groups excluding carboxylic acids is 4. The van der Waals surface area contributed by atoms with Gasteiger partial charge in [0.1, 0.15) is 23.1 Å². The second-order valence-electron chi connectivity index (χ2n) is 14.7. The number of rotatable bonds is 6.